The lowest BCUT2D eigenvalue weighted by Crippen LogP contribution is -2.45. The van der Waals surface area contributed by atoms with Gasteiger partial charge in [0.1, 0.15) is 5.75 Å². The van der Waals surface area contributed by atoms with Gasteiger partial charge >= 0.3 is 5.97 Å². The molecule has 3 aliphatic rings. The molecule has 0 aliphatic heterocycles. The van der Waals surface area contributed by atoms with Crippen LogP contribution in [-0.4, -0.2) is 50.9 Å². The number of aliphatic carboxylic acids is 1. The van der Waals surface area contributed by atoms with E-state index in [-0.39, 0.29) is 28.9 Å². The van der Waals surface area contributed by atoms with Crippen molar-refractivity contribution in [3.63, 3.8) is 0 Å². The highest BCUT2D eigenvalue weighted by Gasteiger charge is 2.58. The van der Waals surface area contributed by atoms with Crippen molar-refractivity contribution in [2.75, 3.05) is 6.61 Å². The third-order valence-corrected chi connectivity index (χ3v) is 6.95. The van der Waals surface area contributed by atoms with Gasteiger partial charge in [-0.2, -0.15) is 0 Å². The molecule has 0 unspecified atom stereocenters. The summed E-state index contributed by atoms with van der Waals surface area (Å²) in [7, 11) is 0. The van der Waals surface area contributed by atoms with E-state index in [0.29, 0.717) is 18.6 Å². The standard InChI is InChI=1S/C20H25NO6/c1-20-5-4-12-11-3-2-10(22)6-14(11)16(21-27-9-18(24)25)7-13(12)15(20)8-17(23)19(20)26/h2-3,6,12-13,15,17,19,22-23,26H,4-5,7-9H2,1H3,(H,24,25)/b21-16+/t12-,13-,15-,17+,19-,20-/m0/s1. The summed E-state index contributed by atoms with van der Waals surface area (Å²) in [6.45, 7) is 1.53. The van der Waals surface area contributed by atoms with Crippen LogP contribution in [0, 0.1) is 17.3 Å². The third-order valence-electron chi connectivity index (χ3n) is 6.95. The van der Waals surface area contributed by atoms with E-state index in [1.165, 1.54) is 0 Å². The lowest BCUT2D eigenvalue weighted by molar-refractivity contribution is -0.142. The molecule has 4 rings (SSSR count). The van der Waals surface area contributed by atoms with E-state index in [9.17, 15) is 20.1 Å². The van der Waals surface area contributed by atoms with Crippen LogP contribution in [0.15, 0.2) is 23.4 Å². The maximum Gasteiger partial charge on any atom is 0.344 e. The molecule has 0 aromatic heterocycles. The number of carbonyl (C=O) groups is 1. The van der Waals surface area contributed by atoms with Crippen molar-refractivity contribution < 1.29 is 30.1 Å². The molecule has 1 aromatic carbocycles. The molecular weight excluding hydrogens is 350 g/mol. The SMILES string of the molecule is C[C@]12CC[C@H]3c4ccc(O)cc4/C(=N/OCC(=O)O)C[C@@H]3[C@@H]1C[C@@H](O)[C@@H]2O. The van der Waals surface area contributed by atoms with E-state index in [0.717, 1.165) is 24.0 Å². The summed E-state index contributed by atoms with van der Waals surface area (Å²) in [5.41, 5.74) is 2.15. The molecule has 1 aromatic rings. The van der Waals surface area contributed by atoms with E-state index < -0.39 is 24.8 Å². The van der Waals surface area contributed by atoms with Gasteiger partial charge in [-0.05, 0) is 66.5 Å². The molecule has 4 N–H and O–H groups in total. The number of aromatic hydroxyl groups is 1. The van der Waals surface area contributed by atoms with E-state index >= 15 is 0 Å². The van der Waals surface area contributed by atoms with Crippen molar-refractivity contribution in [1.29, 1.82) is 0 Å². The van der Waals surface area contributed by atoms with Crippen LogP contribution in [0.3, 0.4) is 0 Å². The van der Waals surface area contributed by atoms with Crippen LogP contribution >= 0.6 is 0 Å². The number of hydrogen-bond donors (Lipinski definition) is 4. The van der Waals surface area contributed by atoms with Gasteiger partial charge < -0.3 is 25.3 Å². The Kier molecular flexibility index (Phi) is 4.39. The number of carboxylic acids is 1. The fourth-order valence-corrected chi connectivity index (χ4v) is 5.65. The largest absolute Gasteiger partial charge is 0.508 e. The average Bonchev–Trinajstić information content (AvgIpc) is 2.85. The molecular formula is C20H25NO6. The smallest absolute Gasteiger partial charge is 0.344 e. The van der Waals surface area contributed by atoms with Gasteiger partial charge in [-0.3, -0.25) is 0 Å². The first-order valence-electron chi connectivity index (χ1n) is 9.41. The Hall–Kier alpha value is -2.12. The highest BCUT2D eigenvalue weighted by Crippen LogP contribution is 2.61. The quantitative estimate of drug-likeness (QED) is 0.599. The van der Waals surface area contributed by atoms with Crippen LogP contribution in [-0.2, 0) is 9.63 Å². The number of hydrogen-bond acceptors (Lipinski definition) is 6. The monoisotopic (exact) mass is 375 g/mol. The predicted octanol–water partition coefficient (Wildman–Crippen LogP) is 1.84. The predicted molar refractivity (Wildman–Crippen MR) is 96.5 cm³/mol. The number of rotatable bonds is 3. The van der Waals surface area contributed by atoms with Crippen molar-refractivity contribution in [2.45, 2.75) is 50.7 Å². The highest BCUT2D eigenvalue weighted by atomic mass is 16.6. The summed E-state index contributed by atoms with van der Waals surface area (Å²) in [6.07, 6.45) is 1.40. The molecule has 2 fully saturated rings. The summed E-state index contributed by atoms with van der Waals surface area (Å²) < 4.78 is 0. The van der Waals surface area contributed by atoms with Gasteiger partial charge in [0, 0.05) is 5.56 Å². The minimum Gasteiger partial charge on any atom is -0.508 e. The first-order chi connectivity index (χ1) is 12.8. The average molecular weight is 375 g/mol. The molecule has 0 bridgehead atoms. The van der Waals surface area contributed by atoms with Gasteiger partial charge in [-0.25, -0.2) is 4.79 Å². The number of aliphatic hydroxyl groups excluding tert-OH is 2. The third kappa shape index (κ3) is 2.89. The van der Waals surface area contributed by atoms with E-state index in [1.54, 1.807) is 12.1 Å². The van der Waals surface area contributed by atoms with Crippen LogP contribution in [0.4, 0.5) is 0 Å². The first-order valence-corrected chi connectivity index (χ1v) is 9.41. The zero-order valence-corrected chi connectivity index (χ0v) is 15.2. The number of nitrogens with zero attached hydrogens (tertiary/aromatic N) is 1. The number of aliphatic hydroxyl groups is 2. The number of benzene rings is 1. The van der Waals surface area contributed by atoms with E-state index in [1.807, 2.05) is 6.07 Å². The van der Waals surface area contributed by atoms with Gasteiger partial charge in [0.25, 0.3) is 0 Å². The molecule has 6 atom stereocenters. The molecule has 2 saturated carbocycles. The Balaban J connectivity index is 1.73. The molecule has 7 heteroatoms. The maximum atomic E-state index is 10.7. The van der Waals surface area contributed by atoms with Crippen LogP contribution in [0.1, 0.15) is 49.7 Å². The molecule has 0 heterocycles. The number of phenolic OH excluding ortho intramolecular Hbond substituents is 1. The molecule has 146 valence electrons. The van der Waals surface area contributed by atoms with Crippen LogP contribution in [0.5, 0.6) is 5.75 Å². The lowest BCUT2D eigenvalue weighted by Gasteiger charge is -2.49. The van der Waals surface area contributed by atoms with Crippen LogP contribution in [0.25, 0.3) is 0 Å². The summed E-state index contributed by atoms with van der Waals surface area (Å²) in [5, 5.41) is 43.6. The van der Waals surface area contributed by atoms with Crippen molar-refractivity contribution in [1.82, 2.24) is 0 Å². The summed E-state index contributed by atoms with van der Waals surface area (Å²) in [6, 6.07) is 5.21. The molecule has 7 nitrogen and oxygen atoms in total. The normalized spacial score (nSPS) is 38.8. The molecule has 3 aliphatic carbocycles. The second-order valence-electron chi connectivity index (χ2n) is 8.35. The lowest BCUT2D eigenvalue weighted by atomic mass is 9.55. The topological polar surface area (TPSA) is 120 Å². The van der Waals surface area contributed by atoms with Gasteiger partial charge in [-0.1, -0.05) is 18.1 Å². The zero-order chi connectivity index (χ0) is 19.3. The van der Waals surface area contributed by atoms with E-state index in [2.05, 4.69) is 12.1 Å². The fraction of sp³-hybridized carbons (Fsp3) is 0.600. The van der Waals surface area contributed by atoms with Gasteiger partial charge in [0.05, 0.1) is 17.9 Å². The number of phenols is 1. The number of oxime groups is 1. The minimum absolute atomic E-state index is 0.130. The Labute approximate surface area is 157 Å². The Morgan fingerprint density at radius 2 is 2.15 bits per heavy atom. The van der Waals surface area contributed by atoms with Crippen LogP contribution in [0.2, 0.25) is 0 Å². The molecule has 0 spiro atoms. The van der Waals surface area contributed by atoms with E-state index in [4.69, 9.17) is 9.94 Å². The summed E-state index contributed by atoms with van der Waals surface area (Å²) in [5.74, 6) is -0.385. The fourth-order valence-electron chi connectivity index (χ4n) is 5.65. The van der Waals surface area contributed by atoms with Crippen molar-refractivity contribution >= 4 is 11.7 Å². The Bertz CT molecular complexity index is 793. The molecule has 27 heavy (non-hydrogen) atoms. The van der Waals surface area contributed by atoms with Crippen LogP contribution < -0.4 is 0 Å². The van der Waals surface area contributed by atoms with Gasteiger partial charge in [-0.15, -0.1) is 0 Å². The number of carboxylic acid groups (broad SMARTS) is 1. The molecule has 0 amide bonds. The molecule has 0 radical (unpaired) electrons. The van der Waals surface area contributed by atoms with Crippen molar-refractivity contribution in [3.05, 3.63) is 29.3 Å². The second-order valence-corrected chi connectivity index (χ2v) is 8.35. The minimum atomic E-state index is -1.10. The number of fused-ring (bicyclic) bond motifs is 5. The second kappa shape index (κ2) is 6.49. The Morgan fingerprint density at radius 3 is 2.89 bits per heavy atom. The zero-order valence-electron chi connectivity index (χ0n) is 15.2. The summed E-state index contributed by atoms with van der Waals surface area (Å²) >= 11 is 0. The summed E-state index contributed by atoms with van der Waals surface area (Å²) in [4.78, 5) is 15.7. The molecule has 0 saturated heterocycles. The van der Waals surface area contributed by atoms with Gasteiger partial charge in [0.15, 0.2) is 0 Å². The maximum absolute atomic E-state index is 10.7. The van der Waals surface area contributed by atoms with Crippen molar-refractivity contribution in [3.8, 4) is 5.75 Å². The first kappa shape index (κ1) is 18.3. The highest BCUT2D eigenvalue weighted by molar-refractivity contribution is 6.03. The van der Waals surface area contributed by atoms with Gasteiger partial charge in [0.2, 0.25) is 6.61 Å². The van der Waals surface area contributed by atoms with Crippen molar-refractivity contribution in [2.24, 2.45) is 22.4 Å². The Morgan fingerprint density at radius 1 is 1.37 bits per heavy atom.